The zero-order valence-corrected chi connectivity index (χ0v) is 33.8. The lowest BCUT2D eigenvalue weighted by molar-refractivity contribution is -0.181. The highest BCUT2D eigenvalue weighted by atomic mass is 16.7. The highest BCUT2D eigenvalue weighted by Gasteiger charge is 2.46. The van der Waals surface area contributed by atoms with Gasteiger partial charge in [-0.2, -0.15) is 5.06 Å². The van der Waals surface area contributed by atoms with Crippen LogP contribution >= 0.6 is 0 Å². The number of likely N-dealkylation sites (N-methyl/N-ethyl adjacent to an activating group) is 1. The number of nitrogens with one attached hydrogen (secondary N) is 1. The monoisotopic (exact) mass is 755 g/mol. The van der Waals surface area contributed by atoms with E-state index in [1.54, 1.807) is 12.1 Å². The second-order valence-electron chi connectivity index (χ2n) is 16.6. The number of carbonyl (C=O) groups excluding carboxylic acids is 2. The smallest absolute Gasteiger partial charge is 0.240 e. The molecule has 1 aliphatic carbocycles. The molecular formula is C44H74N4O6. The number of benzene rings is 2. The van der Waals surface area contributed by atoms with Crippen molar-refractivity contribution in [3.05, 3.63) is 65.2 Å². The van der Waals surface area contributed by atoms with Gasteiger partial charge in [-0.05, 0) is 73.2 Å². The molecule has 4 unspecified atom stereocenters. The Bertz CT molecular complexity index is 1350. The summed E-state index contributed by atoms with van der Waals surface area (Å²) in [6, 6.07) is 15.3. The van der Waals surface area contributed by atoms with E-state index in [2.05, 4.69) is 68.8 Å². The number of rotatable bonds is 15. The Morgan fingerprint density at radius 3 is 2.31 bits per heavy atom. The number of aldehydes is 1. The topological polar surface area (TPSA) is 115 Å². The number of amides is 1. The maximum Gasteiger partial charge on any atom is 0.240 e. The van der Waals surface area contributed by atoms with E-state index in [-0.39, 0.29) is 33.2 Å². The van der Waals surface area contributed by atoms with E-state index in [1.807, 2.05) is 36.4 Å². The van der Waals surface area contributed by atoms with Crippen LogP contribution in [0, 0.1) is 23.2 Å². The van der Waals surface area contributed by atoms with Gasteiger partial charge in [0.05, 0.1) is 19.8 Å². The first-order chi connectivity index (χ1) is 25.4. The standard InChI is InChI=1S/C30H42N4O6.C9H18.C4H10.CH4/c1-31-30(38)29-26(21-36)28(22-37)40-34(29)19-24-8-6-7-23(17-24)18-33(14-13-32-11-4-5-12-32)20-25-9-2-3-10-27(25)39-16-15-35;1-8-5-4-6-9(2,3)7-8;1-4(2)3;/h2-3,6-10,15,17,26,28-29,36-37H,4-5,11-14,16,18-22H2,1H3,(H,31,38);8H,4-7H2,1-3H3;4H,1-3H3;1H4. The Kier molecular flexibility index (Phi) is 21.6. The molecule has 1 saturated carbocycles. The number of hydrogen-bond donors (Lipinski definition) is 3. The minimum atomic E-state index is -0.698. The molecule has 0 aromatic heterocycles. The molecule has 3 fully saturated rings. The molecule has 2 aromatic rings. The zero-order valence-electron chi connectivity index (χ0n) is 33.8. The van der Waals surface area contributed by atoms with Crippen molar-refractivity contribution in [3.63, 3.8) is 0 Å². The van der Waals surface area contributed by atoms with Gasteiger partial charge < -0.3 is 25.2 Å². The van der Waals surface area contributed by atoms with E-state index in [0.29, 0.717) is 25.0 Å². The van der Waals surface area contributed by atoms with E-state index >= 15 is 0 Å². The second-order valence-corrected chi connectivity index (χ2v) is 16.6. The summed E-state index contributed by atoms with van der Waals surface area (Å²) in [5.41, 5.74) is 3.78. The molecule has 2 heterocycles. The number of carbonyl (C=O) groups is 2. The third-order valence-electron chi connectivity index (χ3n) is 10.2. The van der Waals surface area contributed by atoms with Crippen molar-refractivity contribution < 1.29 is 29.4 Å². The van der Waals surface area contributed by atoms with Crippen LogP contribution in [0.5, 0.6) is 5.75 Å². The lowest BCUT2D eigenvalue weighted by Crippen LogP contribution is -2.46. The Morgan fingerprint density at radius 2 is 1.72 bits per heavy atom. The van der Waals surface area contributed by atoms with Gasteiger partial charge >= 0.3 is 0 Å². The van der Waals surface area contributed by atoms with Crippen molar-refractivity contribution >= 4 is 12.2 Å². The first-order valence-electron chi connectivity index (χ1n) is 19.9. The van der Waals surface area contributed by atoms with Crippen LogP contribution in [0.3, 0.4) is 0 Å². The molecule has 306 valence electrons. The van der Waals surface area contributed by atoms with Crippen molar-refractivity contribution in [2.75, 3.05) is 53.0 Å². The molecule has 4 atom stereocenters. The summed E-state index contributed by atoms with van der Waals surface area (Å²) < 4.78 is 5.69. The number of likely N-dealkylation sites (tertiary alicyclic amines) is 1. The Balaban J connectivity index is 0.000000611. The third-order valence-corrected chi connectivity index (χ3v) is 10.2. The molecule has 2 aromatic carbocycles. The average molecular weight is 755 g/mol. The molecule has 0 bridgehead atoms. The number of para-hydroxylation sites is 1. The fraction of sp³-hybridized carbons (Fsp3) is 0.682. The number of hydrogen-bond acceptors (Lipinski definition) is 9. The van der Waals surface area contributed by atoms with Crippen LogP contribution in [-0.4, -0.2) is 102 Å². The average Bonchev–Trinajstić information content (AvgIpc) is 3.77. The fourth-order valence-corrected chi connectivity index (χ4v) is 7.71. The molecule has 0 radical (unpaired) electrons. The van der Waals surface area contributed by atoms with Crippen molar-refractivity contribution in [2.45, 2.75) is 119 Å². The molecule has 0 spiro atoms. The summed E-state index contributed by atoms with van der Waals surface area (Å²) in [4.78, 5) is 34.3. The van der Waals surface area contributed by atoms with E-state index in [9.17, 15) is 19.8 Å². The number of aliphatic hydroxyl groups excluding tert-OH is 2. The van der Waals surface area contributed by atoms with E-state index in [4.69, 9.17) is 9.57 Å². The van der Waals surface area contributed by atoms with Crippen molar-refractivity contribution in [2.24, 2.45) is 23.2 Å². The van der Waals surface area contributed by atoms with Crippen LogP contribution in [0.25, 0.3) is 0 Å². The molecule has 10 heteroatoms. The van der Waals surface area contributed by atoms with E-state index in [1.165, 1.54) is 38.5 Å². The quantitative estimate of drug-likeness (QED) is 0.171. The highest BCUT2D eigenvalue weighted by Crippen LogP contribution is 2.38. The maximum absolute atomic E-state index is 12.6. The molecular weight excluding hydrogens is 681 g/mol. The van der Waals surface area contributed by atoms with Crippen LogP contribution in [0.15, 0.2) is 48.5 Å². The number of aliphatic hydroxyl groups is 2. The fourth-order valence-electron chi connectivity index (χ4n) is 7.71. The van der Waals surface area contributed by atoms with Gasteiger partial charge in [0.1, 0.15) is 24.5 Å². The molecule has 3 aliphatic rings. The van der Waals surface area contributed by atoms with Crippen LogP contribution < -0.4 is 10.1 Å². The first-order valence-corrected chi connectivity index (χ1v) is 19.9. The summed E-state index contributed by atoms with van der Waals surface area (Å²) >= 11 is 0. The maximum atomic E-state index is 12.6. The van der Waals surface area contributed by atoms with Gasteiger partial charge in [-0.1, -0.05) is 104 Å². The lowest BCUT2D eigenvalue weighted by atomic mass is 9.73. The number of nitrogens with zero attached hydrogens (tertiary/aromatic N) is 3. The van der Waals surface area contributed by atoms with Gasteiger partial charge in [0.25, 0.3) is 0 Å². The molecule has 54 heavy (non-hydrogen) atoms. The van der Waals surface area contributed by atoms with Crippen LogP contribution in [-0.2, 0) is 34.1 Å². The minimum absolute atomic E-state index is 0. The van der Waals surface area contributed by atoms with Gasteiger partial charge in [0, 0.05) is 44.7 Å². The molecule has 1 amide bonds. The van der Waals surface area contributed by atoms with Gasteiger partial charge in [-0.3, -0.25) is 19.3 Å². The Labute approximate surface area is 327 Å². The second kappa shape index (κ2) is 24.6. The van der Waals surface area contributed by atoms with E-state index in [0.717, 1.165) is 66.7 Å². The number of ether oxygens (including phenoxy) is 1. The Hall–Kier alpha value is -2.86. The summed E-state index contributed by atoms with van der Waals surface area (Å²) in [5.74, 6) is 1.76. The summed E-state index contributed by atoms with van der Waals surface area (Å²) in [6.07, 6.45) is 8.40. The third kappa shape index (κ3) is 16.1. The summed E-state index contributed by atoms with van der Waals surface area (Å²) in [6.45, 7) is 19.0. The summed E-state index contributed by atoms with van der Waals surface area (Å²) in [7, 11) is 1.56. The molecule has 10 nitrogen and oxygen atoms in total. The predicted molar refractivity (Wildman–Crippen MR) is 219 cm³/mol. The predicted octanol–water partition coefficient (Wildman–Crippen LogP) is 6.71. The minimum Gasteiger partial charge on any atom is -0.486 e. The Morgan fingerprint density at radius 1 is 1.04 bits per heavy atom. The molecule has 2 saturated heterocycles. The van der Waals surface area contributed by atoms with Crippen LogP contribution in [0.1, 0.15) is 104 Å². The summed E-state index contributed by atoms with van der Waals surface area (Å²) in [5, 5.41) is 23.9. The largest absolute Gasteiger partial charge is 0.486 e. The van der Waals surface area contributed by atoms with Gasteiger partial charge in [-0.15, -0.1) is 0 Å². The molecule has 2 aliphatic heterocycles. The van der Waals surface area contributed by atoms with Crippen molar-refractivity contribution in [1.29, 1.82) is 0 Å². The highest BCUT2D eigenvalue weighted by molar-refractivity contribution is 5.82. The normalized spacial score (nSPS) is 22.4. The van der Waals surface area contributed by atoms with Crippen LogP contribution in [0.2, 0.25) is 0 Å². The SMILES string of the molecule is C.CC(C)C.CC1CCCC(C)(C)C1.CNC(=O)C1C(CO)C(CO)ON1Cc1cccc(CN(CCN2CCCC2)Cc2ccccc2OCC=O)c1. The zero-order chi connectivity index (χ0) is 38.8. The first kappa shape index (κ1) is 47.3. The van der Waals surface area contributed by atoms with Crippen molar-refractivity contribution in [1.82, 2.24) is 20.2 Å². The van der Waals surface area contributed by atoms with E-state index < -0.39 is 18.1 Å². The lowest BCUT2D eigenvalue weighted by Gasteiger charge is -2.33. The van der Waals surface area contributed by atoms with Crippen molar-refractivity contribution in [3.8, 4) is 5.75 Å². The molecule has 5 rings (SSSR count). The number of hydroxylamine groups is 2. The van der Waals surface area contributed by atoms with Gasteiger partial charge in [0.2, 0.25) is 5.91 Å². The van der Waals surface area contributed by atoms with Gasteiger partial charge in [0.15, 0.2) is 6.29 Å². The van der Waals surface area contributed by atoms with Gasteiger partial charge in [-0.25, -0.2) is 0 Å². The molecule has 3 N–H and O–H groups in total. The van der Waals surface area contributed by atoms with Crippen LogP contribution in [0.4, 0.5) is 0 Å².